The van der Waals surface area contributed by atoms with Crippen molar-refractivity contribution in [2.45, 2.75) is 86.9 Å². The van der Waals surface area contributed by atoms with Gasteiger partial charge in [-0.25, -0.2) is 4.79 Å². The number of hydrogen-bond acceptors (Lipinski definition) is 9. The van der Waals surface area contributed by atoms with Crippen LogP contribution < -0.4 is 0 Å². The molecule has 1 aliphatic heterocycles. The van der Waals surface area contributed by atoms with E-state index in [1.54, 1.807) is 51.1 Å². The van der Waals surface area contributed by atoms with Crippen LogP contribution in [0.3, 0.4) is 0 Å². The van der Waals surface area contributed by atoms with Gasteiger partial charge in [-0.1, -0.05) is 38.6 Å². The molecule has 6 N–H and O–H groups in total. The number of hydrogen-bond donors (Lipinski definition) is 6. The highest BCUT2D eigenvalue weighted by molar-refractivity contribution is 5.89. The number of carbonyl (C=O) groups is 1. The fraction of sp³-hybridized carbons (Fsp3) is 0.679. The third-order valence-corrected chi connectivity index (χ3v) is 9.96. The molecule has 0 bridgehead atoms. The van der Waals surface area contributed by atoms with Crippen LogP contribution in [0.2, 0.25) is 0 Å². The molecule has 0 spiro atoms. The van der Waals surface area contributed by atoms with E-state index in [1.165, 1.54) is 0 Å². The number of ether oxygens (including phenoxy) is 2. The number of esters is 1. The first kappa shape index (κ1) is 26.7. The molecule has 3 aliphatic carbocycles. The second-order valence-electron chi connectivity index (χ2n) is 11.9. The van der Waals surface area contributed by atoms with Crippen molar-refractivity contribution in [3.05, 3.63) is 48.0 Å². The summed E-state index contributed by atoms with van der Waals surface area (Å²) in [6.07, 6.45) is -5.23. The Kier molecular flexibility index (Phi) is 6.20. The van der Waals surface area contributed by atoms with Crippen molar-refractivity contribution in [3.8, 4) is 0 Å². The Hall–Kier alpha value is -1.85. The van der Waals surface area contributed by atoms with E-state index in [2.05, 4.69) is 6.58 Å². The van der Waals surface area contributed by atoms with Crippen LogP contribution in [0.4, 0.5) is 0 Å². The number of epoxide rings is 1. The van der Waals surface area contributed by atoms with Gasteiger partial charge in [-0.2, -0.15) is 0 Å². The molecular formula is C28H38O9. The molecule has 0 aromatic heterocycles. The number of carbonyl (C=O) groups excluding carboxylic acids is 1. The lowest BCUT2D eigenvalue weighted by molar-refractivity contribution is -0.267. The molecule has 12 atom stereocenters. The van der Waals surface area contributed by atoms with Crippen molar-refractivity contribution in [3.63, 3.8) is 0 Å². The average molecular weight is 519 g/mol. The van der Waals surface area contributed by atoms with E-state index in [9.17, 15) is 35.4 Å². The van der Waals surface area contributed by atoms with Crippen LogP contribution >= 0.6 is 0 Å². The third-order valence-electron chi connectivity index (χ3n) is 9.96. The predicted molar refractivity (Wildman–Crippen MR) is 131 cm³/mol. The topological polar surface area (TPSA) is 160 Å². The van der Waals surface area contributed by atoms with Gasteiger partial charge in [-0.05, 0) is 49.3 Å². The van der Waals surface area contributed by atoms with Crippen LogP contribution in [-0.2, 0) is 9.47 Å². The number of fused-ring (bicyclic) bond motifs is 5. The third kappa shape index (κ3) is 3.38. The Morgan fingerprint density at radius 1 is 1.14 bits per heavy atom. The zero-order valence-electron chi connectivity index (χ0n) is 21.4. The molecule has 5 rings (SSSR count). The summed E-state index contributed by atoms with van der Waals surface area (Å²) < 4.78 is 12.1. The second kappa shape index (κ2) is 8.58. The normalized spacial score (nSPS) is 50.3. The van der Waals surface area contributed by atoms with Crippen molar-refractivity contribution in [1.29, 1.82) is 0 Å². The summed E-state index contributed by atoms with van der Waals surface area (Å²) >= 11 is 0. The van der Waals surface area contributed by atoms with E-state index in [4.69, 9.17) is 9.47 Å². The van der Waals surface area contributed by atoms with Gasteiger partial charge in [0.1, 0.15) is 29.0 Å². The molecule has 0 amide bonds. The summed E-state index contributed by atoms with van der Waals surface area (Å²) in [6, 6.07) is 8.27. The number of aliphatic hydroxyl groups excluding tert-OH is 3. The lowest BCUT2D eigenvalue weighted by Crippen LogP contribution is -2.71. The zero-order valence-corrected chi connectivity index (χ0v) is 21.4. The van der Waals surface area contributed by atoms with E-state index in [0.717, 1.165) is 0 Å². The van der Waals surface area contributed by atoms with Gasteiger partial charge in [0.05, 0.1) is 29.3 Å². The first-order valence-corrected chi connectivity index (χ1v) is 13.0. The highest BCUT2D eigenvalue weighted by atomic mass is 16.6. The van der Waals surface area contributed by atoms with Gasteiger partial charge in [-0.15, -0.1) is 0 Å². The minimum absolute atomic E-state index is 0.0328. The monoisotopic (exact) mass is 518 g/mol. The zero-order chi connectivity index (χ0) is 27.1. The molecule has 204 valence electrons. The molecule has 7 unspecified atom stereocenters. The maximum Gasteiger partial charge on any atom is 0.338 e. The standard InChI is InChI=1S/C28H38O9/c1-14(2)25(33)13-16(4)27(34)18-12-15(3)20(30)28(18,35)24(32)26(10-11-29)22(37-26)19(27)21(25)36-23(31)17-8-6-5-7-9-17/h5-9,15-16,18-22,24,29-30,32-35H,1,10-13H2,2-4H3/t15?,16?,18-,19-,20?,21+,22?,24?,25+,26?,27-,28?/m0/s1. The number of benzene rings is 1. The van der Waals surface area contributed by atoms with Gasteiger partial charge in [0.25, 0.3) is 0 Å². The summed E-state index contributed by atoms with van der Waals surface area (Å²) in [4.78, 5) is 13.3. The maximum atomic E-state index is 13.3. The molecular weight excluding hydrogens is 480 g/mol. The Morgan fingerprint density at radius 2 is 1.78 bits per heavy atom. The van der Waals surface area contributed by atoms with Crippen molar-refractivity contribution >= 4 is 5.97 Å². The van der Waals surface area contributed by atoms with Crippen LogP contribution in [0.25, 0.3) is 0 Å². The van der Waals surface area contributed by atoms with Gasteiger partial charge >= 0.3 is 5.97 Å². The molecule has 0 radical (unpaired) electrons. The van der Waals surface area contributed by atoms with E-state index in [-0.39, 0.29) is 31.4 Å². The Bertz CT molecular complexity index is 1080. The minimum atomic E-state index is -2.15. The summed E-state index contributed by atoms with van der Waals surface area (Å²) in [5.74, 6) is -3.95. The van der Waals surface area contributed by atoms with Gasteiger partial charge in [0, 0.05) is 18.9 Å². The molecule has 4 aliphatic rings. The second-order valence-corrected chi connectivity index (χ2v) is 11.9. The average Bonchev–Trinajstić information content (AvgIpc) is 3.53. The van der Waals surface area contributed by atoms with Crippen LogP contribution in [0.15, 0.2) is 42.5 Å². The Morgan fingerprint density at radius 3 is 2.38 bits per heavy atom. The van der Waals surface area contributed by atoms with Crippen molar-refractivity contribution in [2.75, 3.05) is 6.61 Å². The van der Waals surface area contributed by atoms with Gasteiger partial charge in [0.2, 0.25) is 0 Å². The fourth-order valence-corrected chi connectivity index (χ4v) is 7.90. The van der Waals surface area contributed by atoms with E-state index < -0.39 is 76.5 Å². The molecule has 9 nitrogen and oxygen atoms in total. The predicted octanol–water partition coefficient (Wildman–Crippen LogP) is 0.549. The van der Waals surface area contributed by atoms with Gasteiger partial charge in [0.15, 0.2) is 0 Å². The summed E-state index contributed by atoms with van der Waals surface area (Å²) in [5.41, 5.74) is -6.61. The number of aliphatic hydroxyl groups is 6. The Labute approximate surface area is 216 Å². The van der Waals surface area contributed by atoms with Crippen molar-refractivity contribution in [1.82, 2.24) is 0 Å². The molecule has 4 fully saturated rings. The first-order chi connectivity index (χ1) is 17.3. The fourth-order valence-electron chi connectivity index (χ4n) is 7.90. The van der Waals surface area contributed by atoms with Crippen LogP contribution in [0, 0.1) is 23.7 Å². The molecule has 1 heterocycles. The molecule has 9 heteroatoms. The quantitative estimate of drug-likeness (QED) is 0.186. The number of rotatable bonds is 5. The smallest absolute Gasteiger partial charge is 0.338 e. The maximum absolute atomic E-state index is 13.3. The highest BCUT2D eigenvalue weighted by Crippen LogP contribution is 2.68. The van der Waals surface area contributed by atoms with Crippen molar-refractivity contribution < 1.29 is 44.9 Å². The molecule has 1 aromatic carbocycles. The lowest BCUT2D eigenvalue weighted by Gasteiger charge is -2.58. The molecule has 3 saturated carbocycles. The SMILES string of the molecule is C=C(C)[C@]1(O)CC(C)[C@@]2(O)[C@H](C3OC3(CCO)C(O)C3(O)C(O)C(C)C[C@H]32)[C@H]1OC(=O)c1ccccc1. The summed E-state index contributed by atoms with van der Waals surface area (Å²) in [7, 11) is 0. The summed E-state index contributed by atoms with van der Waals surface area (Å²) in [5, 5.41) is 69.2. The van der Waals surface area contributed by atoms with E-state index >= 15 is 0 Å². The van der Waals surface area contributed by atoms with Gasteiger partial charge in [-0.3, -0.25) is 0 Å². The van der Waals surface area contributed by atoms with E-state index in [1.807, 2.05) is 0 Å². The molecule has 37 heavy (non-hydrogen) atoms. The van der Waals surface area contributed by atoms with Crippen LogP contribution in [-0.4, -0.2) is 90.0 Å². The molecule has 1 saturated heterocycles. The largest absolute Gasteiger partial charge is 0.455 e. The lowest BCUT2D eigenvalue weighted by atomic mass is 9.54. The Balaban J connectivity index is 1.70. The van der Waals surface area contributed by atoms with Crippen LogP contribution in [0.5, 0.6) is 0 Å². The first-order valence-electron chi connectivity index (χ1n) is 13.0. The minimum Gasteiger partial charge on any atom is -0.455 e. The summed E-state index contributed by atoms with van der Waals surface area (Å²) in [6.45, 7) is 8.67. The van der Waals surface area contributed by atoms with Gasteiger partial charge < -0.3 is 40.1 Å². The van der Waals surface area contributed by atoms with Crippen molar-refractivity contribution in [2.24, 2.45) is 23.7 Å². The highest BCUT2D eigenvalue weighted by Gasteiger charge is 2.83. The van der Waals surface area contributed by atoms with E-state index in [0.29, 0.717) is 5.57 Å². The van der Waals surface area contributed by atoms with Crippen LogP contribution in [0.1, 0.15) is 50.4 Å². The molecule has 1 aromatic rings.